The fraction of sp³-hybridized carbons (Fsp3) is 0.550. The number of likely N-dealkylation sites (tertiary alicyclic amines) is 1. The van der Waals surface area contributed by atoms with Gasteiger partial charge in [0.25, 0.3) is 0 Å². The predicted octanol–water partition coefficient (Wildman–Crippen LogP) is 7.75. The lowest BCUT2D eigenvalue weighted by Crippen LogP contribution is -2.59. The molecule has 1 N–H and O–H groups in total. The van der Waals surface area contributed by atoms with Gasteiger partial charge < -0.3 is 28.8 Å². The third kappa shape index (κ3) is 7.27. The van der Waals surface area contributed by atoms with Crippen LogP contribution < -0.4 is 9.64 Å². The van der Waals surface area contributed by atoms with Crippen molar-refractivity contribution >= 4 is 41.9 Å². The minimum absolute atomic E-state index is 0.0180. The normalized spacial score (nSPS) is 22.3. The number of rotatable bonds is 10. The first-order valence-corrected chi connectivity index (χ1v) is 21.7. The van der Waals surface area contributed by atoms with E-state index in [1.807, 2.05) is 49.9 Å². The highest BCUT2D eigenvalue weighted by Crippen LogP contribution is 2.41. The highest BCUT2D eigenvalue weighted by atomic mass is 28.4. The number of likely N-dealkylation sites (N-methyl/N-ethyl adjacent to an activating group) is 1. The van der Waals surface area contributed by atoms with Crippen LogP contribution in [0.2, 0.25) is 18.1 Å². The summed E-state index contributed by atoms with van der Waals surface area (Å²) in [5.74, 6) is -0.0941. The Bertz CT molecular complexity index is 1980. The summed E-state index contributed by atoms with van der Waals surface area (Å²) < 4.78 is 36.3. The van der Waals surface area contributed by atoms with E-state index in [0.717, 1.165) is 48.3 Å². The lowest BCUT2D eigenvalue weighted by molar-refractivity contribution is 0.00686. The Hall–Kier alpha value is -4.07. The molecule has 3 fully saturated rings. The Morgan fingerprint density at radius 3 is 2.51 bits per heavy atom. The number of fused-ring (bicyclic) bond motifs is 4. The van der Waals surface area contributed by atoms with Crippen LogP contribution in [0.3, 0.4) is 0 Å². The number of benzene rings is 2. The molecule has 0 saturated carbocycles. The largest absolute Gasteiger partial charge is 0.508 e. The second-order valence-corrected chi connectivity index (χ2v) is 20.7. The minimum Gasteiger partial charge on any atom is -0.508 e. The first kappa shape index (κ1) is 37.3. The molecule has 4 aromatic rings. The van der Waals surface area contributed by atoms with Crippen LogP contribution in [0.25, 0.3) is 32.9 Å². The fourth-order valence-corrected chi connectivity index (χ4v) is 11.4. The maximum atomic E-state index is 17.0. The van der Waals surface area contributed by atoms with Crippen LogP contribution in [0, 0.1) is 5.82 Å². The van der Waals surface area contributed by atoms with Crippen LogP contribution in [0.4, 0.5) is 15.0 Å². The van der Waals surface area contributed by atoms with Crippen molar-refractivity contribution in [2.24, 2.45) is 0 Å². The molecule has 7 rings (SSSR count). The number of anilines is 1. The molecule has 11 nitrogen and oxygen atoms in total. The van der Waals surface area contributed by atoms with Crippen LogP contribution in [0.15, 0.2) is 42.6 Å². The van der Waals surface area contributed by atoms with Gasteiger partial charge in [-0.15, -0.1) is 0 Å². The van der Waals surface area contributed by atoms with Crippen molar-refractivity contribution in [3.05, 3.63) is 48.4 Å². The highest BCUT2D eigenvalue weighted by molar-refractivity contribution is 6.73. The molecule has 3 aliphatic rings. The summed E-state index contributed by atoms with van der Waals surface area (Å²) in [5, 5.41) is 12.6. The zero-order chi connectivity index (χ0) is 37.7. The van der Waals surface area contributed by atoms with Crippen molar-refractivity contribution in [3.8, 4) is 23.0 Å². The molecule has 0 spiro atoms. The summed E-state index contributed by atoms with van der Waals surface area (Å²) in [7, 11) is 0.0488. The highest BCUT2D eigenvalue weighted by Gasteiger charge is 2.52. The van der Waals surface area contributed by atoms with E-state index in [-0.39, 0.29) is 53.3 Å². The summed E-state index contributed by atoms with van der Waals surface area (Å²) >= 11 is 0. The van der Waals surface area contributed by atoms with Gasteiger partial charge in [-0.2, -0.15) is 9.97 Å². The molecule has 3 aliphatic heterocycles. The smallest absolute Gasteiger partial charge is 0.411 e. The van der Waals surface area contributed by atoms with Gasteiger partial charge >= 0.3 is 12.1 Å². The zero-order valence-electron chi connectivity index (χ0n) is 32.1. The van der Waals surface area contributed by atoms with Crippen molar-refractivity contribution in [2.75, 3.05) is 38.2 Å². The van der Waals surface area contributed by atoms with E-state index in [1.54, 1.807) is 12.3 Å². The van der Waals surface area contributed by atoms with Crippen LogP contribution in [0.5, 0.6) is 11.8 Å². The van der Waals surface area contributed by atoms with E-state index in [9.17, 15) is 9.90 Å². The minimum atomic E-state index is -2.03. The predicted molar refractivity (Wildman–Crippen MR) is 208 cm³/mol. The topological polar surface area (TPSA) is 113 Å². The molecule has 2 aromatic heterocycles. The number of amides is 1. The fourth-order valence-electron chi connectivity index (χ4n) is 8.50. The number of aromatic hydroxyl groups is 1. The number of piperazine rings is 1. The van der Waals surface area contributed by atoms with Crippen molar-refractivity contribution < 1.29 is 28.2 Å². The summed E-state index contributed by atoms with van der Waals surface area (Å²) in [4.78, 5) is 34.3. The Balaban J connectivity index is 1.31. The van der Waals surface area contributed by atoms with Gasteiger partial charge in [0, 0.05) is 30.9 Å². The Labute approximate surface area is 312 Å². The van der Waals surface area contributed by atoms with E-state index in [0.29, 0.717) is 42.9 Å². The van der Waals surface area contributed by atoms with Crippen molar-refractivity contribution in [3.63, 3.8) is 0 Å². The first-order chi connectivity index (χ1) is 25.3. The second-order valence-electron chi connectivity index (χ2n) is 16.0. The Morgan fingerprint density at radius 2 is 1.81 bits per heavy atom. The molecule has 2 bridgehead atoms. The lowest BCUT2D eigenvalue weighted by atomic mass is 10.00. The molecular formula is C40H53FN6O5Si. The number of hydrogen-bond donors (Lipinski definition) is 1. The average molecular weight is 745 g/mol. The number of phenols is 1. The molecule has 53 heavy (non-hydrogen) atoms. The number of phenolic OH excluding ortho intramolecular Hbond substituents is 1. The Kier molecular flexibility index (Phi) is 10.3. The van der Waals surface area contributed by atoms with Gasteiger partial charge in [0.2, 0.25) is 0 Å². The number of nitrogens with zero attached hydrogens (tertiary/aromatic N) is 6. The number of carbonyl (C=O) groups excluding carboxylic acids is 1. The van der Waals surface area contributed by atoms with Gasteiger partial charge in [0.1, 0.15) is 35.0 Å². The molecule has 2 aromatic carbocycles. The number of ether oxygens (including phenoxy) is 2. The quantitative estimate of drug-likeness (QED) is 0.162. The molecule has 284 valence electrons. The van der Waals surface area contributed by atoms with Gasteiger partial charge in [-0.25, -0.2) is 9.18 Å². The molecule has 0 radical (unpaired) electrons. The van der Waals surface area contributed by atoms with Crippen molar-refractivity contribution in [1.82, 2.24) is 24.8 Å². The van der Waals surface area contributed by atoms with Gasteiger partial charge in [-0.3, -0.25) is 9.88 Å². The number of carbonyl (C=O) groups is 1. The molecule has 3 saturated heterocycles. The molecule has 4 atom stereocenters. The van der Waals surface area contributed by atoms with E-state index in [4.69, 9.17) is 18.9 Å². The summed E-state index contributed by atoms with van der Waals surface area (Å²) in [6.07, 6.45) is 3.88. The Morgan fingerprint density at radius 1 is 1.06 bits per heavy atom. The van der Waals surface area contributed by atoms with Crippen LogP contribution in [-0.2, 0) is 9.16 Å². The number of aromatic nitrogens is 3. The van der Waals surface area contributed by atoms with E-state index < -0.39 is 19.7 Å². The molecule has 13 heteroatoms. The monoisotopic (exact) mass is 744 g/mol. The lowest BCUT2D eigenvalue weighted by Gasteiger charge is -2.43. The van der Waals surface area contributed by atoms with Gasteiger partial charge in [-0.1, -0.05) is 45.0 Å². The standard InChI is InChI=1S/C40H53FN6O5Si/c1-8-53(9-2,10-3)52-33-19-27-22-46(23-32(33)47(27)39(49)51-40(4,5)6)37-31-21-42-35(30-20-28(48)18-25-14-11-12-16-29(25)30)34(41)36(31)43-38(44-37)50-24-26-15-13-17-45(26)7/h11-12,14,16,18,20-21,26-27,32-33,48H,8-10,13,15,17,19,22-24H2,1-7H3/t26-,27?,32?,33?/m0/s1. The summed E-state index contributed by atoms with van der Waals surface area (Å²) in [5.41, 5.74) is -0.0109. The molecule has 3 unspecified atom stereocenters. The van der Waals surface area contributed by atoms with Crippen molar-refractivity contribution in [1.29, 1.82) is 0 Å². The van der Waals surface area contributed by atoms with Gasteiger partial charge in [-0.05, 0) is 94.7 Å². The van der Waals surface area contributed by atoms with E-state index in [1.165, 1.54) is 6.07 Å². The third-order valence-corrected chi connectivity index (χ3v) is 16.3. The molecule has 5 heterocycles. The number of pyridine rings is 1. The summed E-state index contributed by atoms with van der Waals surface area (Å²) in [6, 6.07) is 13.5. The van der Waals surface area contributed by atoms with Crippen LogP contribution in [-0.4, -0.2) is 107 Å². The molecule has 0 aliphatic carbocycles. The van der Waals surface area contributed by atoms with Crippen LogP contribution >= 0.6 is 0 Å². The molecular weight excluding hydrogens is 692 g/mol. The van der Waals surface area contributed by atoms with Gasteiger partial charge in [0.15, 0.2) is 14.1 Å². The number of halogens is 1. The van der Waals surface area contributed by atoms with Crippen molar-refractivity contribution in [2.45, 2.75) is 109 Å². The van der Waals surface area contributed by atoms with Gasteiger partial charge in [0.05, 0.1) is 23.6 Å². The SMILES string of the molecule is CC[Si](CC)(CC)OC1CC2CN(c3nc(OC[C@@H]4CCCN4C)nc4c(F)c(-c5cc(O)cc6ccccc56)ncc34)CC1N2C(=O)OC(C)(C)C. The first-order valence-electron chi connectivity index (χ1n) is 19.2. The zero-order valence-corrected chi connectivity index (χ0v) is 33.1. The maximum Gasteiger partial charge on any atom is 0.411 e. The second kappa shape index (κ2) is 14.6. The van der Waals surface area contributed by atoms with E-state index in [2.05, 4.69) is 47.6 Å². The van der Waals surface area contributed by atoms with Crippen LogP contribution in [0.1, 0.15) is 60.8 Å². The maximum absolute atomic E-state index is 17.0. The third-order valence-electron chi connectivity index (χ3n) is 11.6. The summed E-state index contributed by atoms with van der Waals surface area (Å²) in [6.45, 7) is 14.5. The number of hydrogen-bond acceptors (Lipinski definition) is 10. The van der Waals surface area contributed by atoms with E-state index >= 15 is 4.39 Å². The molecule has 1 amide bonds. The average Bonchev–Trinajstić information content (AvgIpc) is 3.64.